The third kappa shape index (κ3) is 4.53. The van der Waals surface area contributed by atoms with Gasteiger partial charge in [-0.15, -0.1) is 0 Å². The van der Waals surface area contributed by atoms with E-state index in [0.29, 0.717) is 9.22 Å². The van der Waals surface area contributed by atoms with Crippen LogP contribution in [-0.4, -0.2) is 39.1 Å². The van der Waals surface area contributed by atoms with E-state index in [1.54, 1.807) is 0 Å². The normalized spacial score (nSPS) is 10.3. The summed E-state index contributed by atoms with van der Waals surface area (Å²) in [5, 5.41) is 16.6. The molecule has 0 radical (unpaired) electrons. The van der Waals surface area contributed by atoms with Gasteiger partial charge in [-0.3, -0.25) is 0 Å². The first-order valence-corrected chi connectivity index (χ1v) is 10.9. The van der Waals surface area contributed by atoms with E-state index < -0.39 is 0 Å². The Balaban J connectivity index is 1.70. The van der Waals surface area contributed by atoms with Crippen LogP contribution in [0.3, 0.4) is 0 Å². The molecular formula is C20H16N2Se2. The van der Waals surface area contributed by atoms with Crippen LogP contribution in [-0.2, 0) is 0 Å². The van der Waals surface area contributed by atoms with Gasteiger partial charge in [0.25, 0.3) is 0 Å². The number of rotatable bonds is 6. The zero-order valence-electron chi connectivity index (χ0n) is 12.9. The summed E-state index contributed by atoms with van der Waals surface area (Å²) < 4.78 is 3.75. The van der Waals surface area contributed by atoms with E-state index in [1.807, 2.05) is 66.7 Å². The number of nitrogens with one attached hydrogen (secondary N) is 2. The quantitative estimate of drug-likeness (QED) is 0.435. The van der Waals surface area contributed by atoms with Gasteiger partial charge in [-0.05, 0) is 0 Å². The Morgan fingerprint density at radius 2 is 0.958 bits per heavy atom. The van der Waals surface area contributed by atoms with Crippen LogP contribution in [0.2, 0.25) is 0 Å². The summed E-state index contributed by atoms with van der Waals surface area (Å²) in [5.41, 5.74) is 1.98. The standard InChI is InChI=1S/C20H16N2Se2/c21-19(15-8-3-1-4-9-15)23-17-12-7-13-18(14-17)24-20(22)16-10-5-2-6-11-16/h1-14,21-22H. The van der Waals surface area contributed by atoms with Crippen molar-refractivity contribution in [3.63, 3.8) is 0 Å². The van der Waals surface area contributed by atoms with Crippen molar-refractivity contribution in [3.8, 4) is 0 Å². The fourth-order valence-electron chi connectivity index (χ4n) is 2.13. The molecule has 0 aliphatic rings. The summed E-state index contributed by atoms with van der Waals surface area (Å²) in [4.78, 5) is 0. The Morgan fingerprint density at radius 3 is 1.38 bits per heavy atom. The molecule has 0 saturated heterocycles. The Morgan fingerprint density at radius 1 is 0.542 bits per heavy atom. The molecule has 0 amide bonds. The Hall–Kier alpha value is -1.96. The first kappa shape index (κ1) is 16.9. The summed E-state index contributed by atoms with van der Waals surface area (Å²) in [6, 6.07) is 28.2. The molecule has 0 aromatic heterocycles. The van der Waals surface area contributed by atoms with Crippen LogP contribution in [0.25, 0.3) is 0 Å². The van der Waals surface area contributed by atoms with Gasteiger partial charge >= 0.3 is 155 Å². The van der Waals surface area contributed by atoms with Gasteiger partial charge in [0.2, 0.25) is 0 Å². The van der Waals surface area contributed by atoms with E-state index in [2.05, 4.69) is 18.2 Å². The van der Waals surface area contributed by atoms with Crippen LogP contribution >= 0.6 is 0 Å². The molecule has 3 aromatic carbocycles. The maximum absolute atomic E-state index is 8.30. The molecular weight excluding hydrogens is 426 g/mol. The van der Waals surface area contributed by atoms with E-state index in [9.17, 15) is 0 Å². The predicted octanol–water partition coefficient (Wildman–Crippen LogP) is 2.40. The topological polar surface area (TPSA) is 47.7 Å². The minimum atomic E-state index is -0.0115. The minimum absolute atomic E-state index is 0.0115. The first-order chi connectivity index (χ1) is 11.7. The zero-order valence-corrected chi connectivity index (χ0v) is 16.3. The molecule has 2 N–H and O–H groups in total. The van der Waals surface area contributed by atoms with Gasteiger partial charge in [-0.2, -0.15) is 0 Å². The molecule has 4 heteroatoms. The predicted molar refractivity (Wildman–Crippen MR) is 104 cm³/mol. The zero-order chi connectivity index (χ0) is 16.8. The van der Waals surface area contributed by atoms with Crippen molar-refractivity contribution in [2.45, 2.75) is 0 Å². The van der Waals surface area contributed by atoms with Crippen molar-refractivity contribution < 1.29 is 0 Å². The number of benzene rings is 3. The monoisotopic (exact) mass is 444 g/mol. The van der Waals surface area contributed by atoms with Crippen molar-refractivity contribution in [2.24, 2.45) is 0 Å². The van der Waals surface area contributed by atoms with Crippen molar-refractivity contribution in [1.29, 1.82) is 10.8 Å². The Bertz CT molecular complexity index is 777. The number of hydrogen-bond donors (Lipinski definition) is 2. The second kappa shape index (κ2) is 8.23. The maximum atomic E-state index is 8.30. The van der Waals surface area contributed by atoms with Crippen LogP contribution in [0.4, 0.5) is 0 Å². The van der Waals surface area contributed by atoms with E-state index >= 15 is 0 Å². The first-order valence-electron chi connectivity index (χ1n) is 7.46. The second-order valence-corrected chi connectivity index (χ2v) is 9.62. The average molecular weight is 442 g/mol. The van der Waals surface area contributed by atoms with Gasteiger partial charge in [-0.1, -0.05) is 0 Å². The fraction of sp³-hybridized carbons (Fsp3) is 0. The van der Waals surface area contributed by atoms with E-state index in [1.165, 1.54) is 8.92 Å². The van der Waals surface area contributed by atoms with Crippen molar-refractivity contribution in [2.75, 3.05) is 0 Å². The van der Waals surface area contributed by atoms with Gasteiger partial charge in [0.1, 0.15) is 0 Å². The molecule has 0 heterocycles. The van der Waals surface area contributed by atoms with Crippen LogP contribution in [0.15, 0.2) is 84.9 Å². The molecule has 3 rings (SSSR count). The summed E-state index contributed by atoms with van der Waals surface area (Å²) in [6.45, 7) is 0. The molecule has 0 fully saturated rings. The van der Waals surface area contributed by atoms with Gasteiger partial charge in [-0.25, -0.2) is 0 Å². The molecule has 0 atom stereocenters. The third-order valence-electron chi connectivity index (χ3n) is 3.32. The SMILES string of the molecule is N=C([Se]c1cccc([Se]C(=N)c2ccccc2)c1)c1ccccc1. The van der Waals surface area contributed by atoms with Crippen LogP contribution in [0.1, 0.15) is 11.1 Å². The van der Waals surface area contributed by atoms with Crippen LogP contribution < -0.4 is 8.92 Å². The van der Waals surface area contributed by atoms with Crippen molar-refractivity contribution in [1.82, 2.24) is 0 Å². The third-order valence-corrected chi connectivity index (χ3v) is 7.22. The Kier molecular flexibility index (Phi) is 5.79. The Labute approximate surface area is 154 Å². The van der Waals surface area contributed by atoms with Crippen molar-refractivity contribution in [3.05, 3.63) is 96.1 Å². The molecule has 24 heavy (non-hydrogen) atoms. The molecule has 0 aliphatic heterocycles. The van der Waals surface area contributed by atoms with E-state index in [4.69, 9.17) is 10.8 Å². The van der Waals surface area contributed by atoms with Gasteiger partial charge in [0.05, 0.1) is 0 Å². The fourth-order valence-corrected chi connectivity index (χ4v) is 5.96. The van der Waals surface area contributed by atoms with E-state index in [-0.39, 0.29) is 29.9 Å². The van der Waals surface area contributed by atoms with Crippen LogP contribution in [0, 0.1) is 10.8 Å². The average Bonchev–Trinajstić information content (AvgIpc) is 2.63. The molecule has 118 valence electrons. The van der Waals surface area contributed by atoms with Gasteiger partial charge in [0, 0.05) is 0 Å². The summed E-state index contributed by atoms with van der Waals surface area (Å²) in [6.07, 6.45) is 0. The molecule has 0 spiro atoms. The molecule has 3 aromatic rings. The molecule has 0 unspecified atom stereocenters. The molecule has 0 bridgehead atoms. The number of hydrogen-bond acceptors (Lipinski definition) is 2. The summed E-state index contributed by atoms with van der Waals surface area (Å²) >= 11 is -0.0231. The van der Waals surface area contributed by atoms with Crippen molar-refractivity contribution >= 4 is 48.1 Å². The van der Waals surface area contributed by atoms with Crippen LogP contribution in [0.5, 0.6) is 0 Å². The molecule has 2 nitrogen and oxygen atoms in total. The molecule has 0 saturated carbocycles. The van der Waals surface area contributed by atoms with Gasteiger partial charge < -0.3 is 0 Å². The van der Waals surface area contributed by atoms with Gasteiger partial charge in [0.15, 0.2) is 0 Å². The summed E-state index contributed by atoms with van der Waals surface area (Å²) in [5.74, 6) is 0. The second-order valence-electron chi connectivity index (χ2n) is 5.07. The molecule has 0 aliphatic carbocycles. The summed E-state index contributed by atoms with van der Waals surface area (Å²) in [7, 11) is 0. The van der Waals surface area contributed by atoms with E-state index in [0.717, 1.165) is 11.1 Å².